The van der Waals surface area contributed by atoms with Crippen LogP contribution in [-0.4, -0.2) is 15.1 Å². The number of thiazole rings is 1. The first kappa shape index (κ1) is 13.9. The van der Waals surface area contributed by atoms with Gasteiger partial charge in [0.05, 0.1) is 10.7 Å². The molecule has 4 nitrogen and oxygen atoms in total. The molecule has 0 radical (unpaired) electrons. The van der Waals surface area contributed by atoms with E-state index in [0.717, 1.165) is 22.0 Å². The van der Waals surface area contributed by atoms with Crippen molar-refractivity contribution in [1.29, 1.82) is 0 Å². The highest BCUT2D eigenvalue weighted by atomic mass is 35.5. The van der Waals surface area contributed by atoms with Crippen LogP contribution in [0.25, 0.3) is 11.3 Å². The zero-order valence-corrected chi connectivity index (χ0v) is 12.7. The van der Waals surface area contributed by atoms with E-state index >= 15 is 0 Å². The second-order valence-electron chi connectivity index (χ2n) is 4.52. The third-order valence-electron chi connectivity index (χ3n) is 2.95. The van der Waals surface area contributed by atoms with E-state index in [2.05, 4.69) is 15.3 Å². The maximum absolute atomic E-state index is 9.46. The monoisotopic (exact) mass is 317 g/mol. The Morgan fingerprint density at radius 1 is 1.24 bits per heavy atom. The van der Waals surface area contributed by atoms with Crippen molar-refractivity contribution in [2.45, 2.75) is 6.92 Å². The number of pyridine rings is 1. The molecule has 0 amide bonds. The predicted molar refractivity (Wildman–Crippen MR) is 86.5 cm³/mol. The number of hydrogen-bond donors (Lipinski definition) is 2. The number of hydrogen-bond acceptors (Lipinski definition) is 5. The Hall–Kier alpha value is -2.11. The minimum absolute atomic E-state index is 0.259. The fourth-order valence-electron chi connectivity index (χ4n) is 1.95. The normalized spacial score (nSPS) is 10.6. The van der Waals surface area contributed by atoms with Crippen LogP contribution in [0.2, 0.25) is 5.02 Å². The zero-order chi connectivity index (χ0) is 14.8. The molecular weight excluding hydrogens is 306 g/mol. The Kier molecular flexibility index (Phi) is 3.77. The van der Waals surface area contributed by atoms with Gasteiger partial charge in [0.1, 0.15) is 11.6 Å². The van der Waals surface area contributed by atoms with Gasteiger partial charge in [0.15, 0.2) is 5.13 Å². The molecule has 2 N–H and O–H groups in total. The Bertz CT molecular complexity index is 771. The molecule has 0 saturated carbocycles. The van der Waals surface area contributed by atoms with Crippen molar-refractivity contribution in [3.05, 3.63) is 52.5 Å². The van der Waals surface area contributed by atoms with E-state index in [1.165, 1.54) is 11.3 Å². The first-order chi connectivity index (χ1) is 10.1. The van der Waals surface area contributed by atoms with Gasteiger partial charge in [0, 0.05) is 17.1 Å². The lowest BCUT2D eigenvalue weighted by atomic mass is 10.1. The third-order valence-corrected chi connectivity index (χ3v) is 3.93. The van der Waals surface area contributed by atoms with Crippen molar-refractivity contribution in [2.24, 2.45) is 0 Å². The van der Waals surface area contributed by atoms with E-state index in [9.17, 15) is 5.11 Å². The van der Waals surface area contributed by atoms with Crippen LogP contribution < -0.4 is 5.32 Å². The molecule has 1 aromatic carbocycles. The molecule has 0 saturated heterocycles. The molecule has 0 aliphatic rings. The molecule has 3 aromatic rings. The van der Waals surface area contributed by atoms with Crippen LogP contribution in [0.5, 0.6) is 5.75 Å². The molecule has 0 aliphatic carbocycles. The van der Waals surface area contributed by atoms with Crippen LogP contribution in [0.3, 0.4) is 0 Å². The van der Waals surface area contributed by atoms with Gasteiger partial charge in [-0.3, -0.25) is 0 Å². The maximum atomic E-state index is 9.46. The Morgan fingerprint density at radius 2 is 2.10 bits per heavy atom. The van der Waals surface area contributed by atoms with Gasteiger partial charge in [-0.2, -0.15) is 0 Å². The van der Waals surface area contributed by atoms with Crippen molar-refractivity contribution in [3.8, 4) is 17.0 Å². The number of aromatic nitrogens is 2. The minimum atomic E-state index is 0.259. The summed E-state index contributed by atoms with van der Waals surface area (Å²) in [6, 6.07) is 8.83. The topological polar surface area (TPSA) is 58.0 Å². The Morgan fingerprint density at radius 3 is 2.81 bits per heavy atom. The number of rotatable bonds is 3. The average molecular weight is 318 g/mol. The van der Waals surface area contributed by atoms with Crippen LogP contribution >= 0.6 is 22.9 Å². The van der Waals surface area contributed by atoms with Crippen molar-refractivity contribution >= 4 is 33.9 Å². The molecule has 0 bridgehead atoms. The van der Waals surface area contributed by atoms with Gasteiger partial charge in [-0.1, -0.05) is 11.6 Å². The maximum Gasteiger partial charge on any atom is 0.188 e. The second-order valence-corrected chi connectivity index (χ2v) is 5.82. The van der Waals surface area contributed by atoms with Crippen LogP contribution in [0.15, 0.2) is 41.9 Å². The van der Waals surface area contributed by atoms with Crippen LogP contribution in [0.1, 0.15) is 5.56 Å². The second kappa shape index (κ2) is 5.71. The summed E-state index contributed by atoms with van der Waals surface area (Å²) in [5.74, 6) is 0.956. The molecule has 106 valence electrons. The van der Waals surface area contributed by atoms with E-state index in [-0.39, 0.29) is 5.75 Å². The molecule has 0 spiro atoms. The summed E-state index contributed by atoms with van der Waals surface area (Å²) in [5.41, 5.74) is 2.85. The molecule has 0 aliphatic heterocycles. The fraction of sp³-hybridized carbons (Fsp3) is 0.0667. The largest absolute Gasteiger partial charge is 0.508 e. The van der Waals surface area contributed by atoms with Gasteiger partial charge in [0.2, 0.25) is 0 Å². The highest BCUT2D eigenvalue weighted by molar-refractivity contribution is 7.14. The molecule has 0 fully saturated rings. The summed E-state index contributed by atoms with van der Waals surface area (Å²) in [6.07, 6.45) is 1.59. The first-order valence-corrected chi connectivity index (χ1v) is 7.52. The zero-order valence-electron chi connectivity index (χ0n) is 11.2. The molecule has 3 rings (SSSR count). The molecule has 6 heteroatoms. The van der Waals surface area contributed by atoms with Crippen LogP contribution in [0.4, 0.5) is 10.9 Å². The molecule has 2 aromatic heterocycles. The number of halogens is 1. The minimum Gasteiger partial charge on any atom is -0.508 e. The molecule has 2 heterocycles. The lowest BCUT2D eigenvalue weighted by molar-refractivity contribution is 0.475. The molecule has 0 atom stereocenters. The first-order valence-electron chi connectivity index (χ1n) is 6.26. The average Bonchev–Trinajstić information content (AvgIpc) is 2.90. The molecule has 21 heavy (non-hydrogen) atoms. The molecule has 0 unspecified atom stereocenters. The van der Waals surface area contributed by atoms with Gasteiger partial charge in [-0.15, -0.1) is 11.3 Å². The number of nitrogens with zero attached hydrogens (tertiary/aromatic N) is 2. The van der Waals surface area contributed by atoms with Crippen LogP contribution in [-0.2, 0) is 0 Å². The molecular formula is C15H12ClN3OS. The quantitative estimate of drug-likeness (QED) is 0.740. The number of phenolic OH excluding ortho intramolecular Hbond substituents is 1. The number of aromatic hydroxyl groups is 1. The van der Waals surface area contributed by atoms with E-state index in [1.807, 2.05) is 18.4 Å². The van der Waals surface area contributed by atoms with Gasteiger partial charge < -0.3 is 10.4 Å². The van der Waals surface area contributed by atoms with Gasteiger partial charge in [-0.25, -0.2) is 9.97 Å². The van der Waals surface area contributed by atoms with E-state index in [1.54, 1.807) is 30.5 Å². The van der Waals surface area contributed by atoms with E-state index in [4.69, 9.17) is 11.6 Å². The van der Waals surface area contributed by atoms with E-state index < -0.39 is 0 Å². The van der Waals surface area contributed by atoms with Gasteiger partial charge >= 0.3 is 0 Å². The third kappa shape index (κ3) is 3.15. The number of aryl methyl sites for hydroxylation is 1. The highest BCUT2D eigenvalue weighted by Crippen LogP contribution is 2.30. The van der Waals surface area contributed by atoms with Crippen molar-refractivity contribution in [2.75, 3.05) is 5.32 Å². The van der Waals surface area contributed by atoms with Gasteiger partial charge in [0.25, 0.3) is 0 Å². The van der Waals surface area contributed by atoms with Crippen LogP contribution in [0, 0.1) is 6.92 Å². The van der Waals surface area contributed by atoms with E-state index in [0.29, 0.717) is 10.8 Å². The van der Waals surface area contributed by atoms with Crippen molar-refractivity contribution < 1.29 is 5.11 Å². The van der Waals surface area contributed by atoms with Crippen molar-refractivity contribution in [1.82, 2.24) is 9.97 Å². The van der Waals surface area contributed by atoms with Crippen molar-refractivity contribution in [3.63, 3.8) is 0 Å². The predicted octanol–water partition coefficient (Wildman–Crippen LogP) is 4.62. The summed E-state index contributed by atoms with van der Waals surface area (Å²) in [4.78, 5) is 8.72. The summed E-state index contributed by atoms with van der Waals surface area (Å²) < 4.78 is 0. The standard InChI is InChI=1S/C15H12ClN3OS/c1-9-6-11(20)3-4-12(9)13-8-21-15(18-13)19-14-5-2-10(16)7-17-14/h2-8,20H,1H3,(H,17,18,19). The fourth-order valence-corrected chi connectivity index (χ4v) is 2.78. The van der Waals surface area contributed by atoms with Gasteiger partial charge in [-0.05, 0) is 42.8 Å². The highest BCUT2D eigenvalue weighted by Gasteiger charge is 2.08. The number of anilines is 2. The summed E-state index contributed by atoms with van der Waals surface area (Å²) >= 11 is 7.30. The Balaban J connectivity index is 1.84. The summed E-state index contributed by atoms with van der Waals surface area (Å²) in [5, 5.41) is 15.9. The number of phenols is 1. The smallest absolute Gasteiger partial charge is 0.188 e. The summed E-state index contributed by atoms with van der Waals surface area (Å²) in [6.45, 7) is 1.95. The lowest BCUT2D eigenvalue weighted by Crippen LogP contribution is -1.92. The number of benzene rings is 1. The Labute approximate surface area is 131 Å². The SMILES string of the molecule is Cc1cc(O)ccc1-c1csc(Nc2ccc(Cl)cn2)n1. The number of nitrogens with one attached hydrogen (secondary N) is 1. The lowest BCUT2D eigenvalue weighted by Gasteiger charge is -2.03. The summed E-state index contributed by atoms with van der Waals surface area (Å²) in [7, 11) is 0.